The molecule has 0 unspecified atom stereocenters. The molecule has 4 heteroatoms. The molecule has 1 heterocycles. The zero-order valence-corrected chi connectivity index (χ0v) is 20.2. The third-order valence-electron chi connectivity index (χ3n) is 6.56. The number of para-hydroxylation sites is 1. The van der Waals surface area contributed by atoms with Gasteiger partial charge < -0.3 is 16.0 Å². The molecule has 4 rings (SSSR count). The van der Waals surface area contributed by atoms with Crippen molar-refractivity contribution in [2.45, 2.75) is 40.5 Å². The first-order valence-corrected chi connectivity index (χ1v) is 11.9. The molecule has 1 aliphatic rings. The van der Waals surface area contributed by atoms with Gasteiger partial charge in [0.25, 0.3) is 5.91 Å². The monoisotopic (exact) mass is 441 g/mol. The molecule has 1 saturated heterocycles. The van der Waals surface area contributed by atoms with Gasteiger partial charge in [0, 0.05) is 24.3 Å². The number of rotatable bonds is 5. The van der Waals surface area contributed by atoms with E-state index in [1.54, 1.807) is 0 Å². The number of nitrogens with zero attached hydrogens (tertiary/aromatic N) is 1. The van der Waals surface area contributed by atoms with Crippen LogP contribution in [-0.4, -0.2) is 25.5 Å². The standard InChI is InChI=1S/C29H35N3O/c1-19-12-20(2)15-24(14-19)26-6-5-7-27(28(26)32-10-8-23(18-30)9-11-32)29(33)31-25-16-21(3)13-22(4)17-25/h5-7,12-17,23H,8-11,18,30H2,1-4H3,(H,31,33). The lowest BCUT2D eigenvalue weighted by atomic mass is 9.92. The smallest absolute Gasteiger partial charge is 0.257 e. The average molecular weight is 442 g/mol. The molecule has 1 fully saturated rings. The molecule has 4 nitrogen and oxygen atoms in total. The van der Waals surface area contributed by atoms with Crippen molar-refractivity contribution in [3.05, 3.63) is 82.4 Å². The highest BCUT2D eigenvalue weighted by Crippen LogP contribution is 2.37. The quantitative estimate of drug-likeness (QED) is 0.509. The second-order valence-corrected chi connectivity index (χ2v) is 9.57. The van der Waals surface area contributed by atoms with E-state index in [0.29, 0.717) is 5.92 Å². The predicted octanol–water partition coefficient (Wildman–Crippen LogP) is 6.01. The number of piperidine rings is 1. The fourth-order valence-electron chi connectivity index (χ4n) is 5.07. The molecule has 172 valence electrons. The summed E-state index contributed by atoms with van der Waals surface area (Å²) in [6.07, 6.45) is 2.10. The fraction of sp³-hybridized carbons (Fsp3) is 0.345. The molecule has 0 bridgehead atoms. The predicted molar refractivity (Wildman–Crippen MR) is 139 cm³/mol. The van der Waals surface area contributed by atoms with Crippen LogP contribution in [0, 0.1) is 33.6 Å². The minimum Gasteiger partial charge on any atom is -0.370 e. The Bertz CT molecular complexity index is 1120. The number of carbonyl (C=O) groups is 1. The molecule has 0 aliphatic carbocycles. The lowest BCUT2D eigenvalue weighted by molar-refractivity contribution is 0.102. The van der Waals surface area contributed by atoms with Crippen molar-refractivity contribution in [3.63, 3.8) is 0 Å². The van der Waals surface area contributed by atoms with Crippen molar-refractivity contribution in [2.24, 2.45) is 11.7 Å². The van der Waals surface area contributed by atoms with Gasteiger partial charge in [-0.25, -0.2) is 0 Å². The minimum atomic E-state index is -0.0674. The fourth-order valence-corrected chi connectivity index (χ4v) is 5.07. The van der Waals surface area contributed by atoms with E-state index in [4.69, 9.17) is 5.73 Å². The first-order chi connectivity index (χ1) is 15.8. The van der Waals surface area contributed by atoms with Gasteiger partial charge in [0.1, 0.15) is 0 Å². The zero-order chi connectivity index (χ0) is 23.5. The van der Waals surface area contributed by atoms with Crippen LogP contribution in [0.15, 0.2) is 54.6 Å². The second-order valence-electron chi connectivity index (χ2n) is 9.57. The van der Waals surface area contributed by atoms with Crippen LogP contribution in [0.2, 0.25) is 0 Å². The summed E-state index contributed by atoms with van der Waals surface area (Å²) in [4.78, 5) is 16.0. The van der Waals surface area contributed by atoms with Crippen molar-refractivity contribution in [3.8, 4) is 11.1 Å². The highest BCUT2D eigenvalue weighted by Gasteiger charge is 2.25. The number of anilines is 2. The van der Waals surface area contributed by atoms with Crippen LogP contribution >= 0.6 is 0 Å². The molecule has 3 N–H and O–H groups in total. The summed E-state index contributed by atoms with van der Waals surface area (Å²) in [5, 5.41) is 3.16. The first kappa shape index (κ1) is 23.1. The Kier molecular flexibility index (Phi) is 6.85. The van der Waals surface area contributed by atoms with Crippen LogP contribution in [0.3, 0.4) is 0 Å². The molecule has 33 heavy (non-hydrogen) atoms. The molecule has 0 atom stereocenters. The summed E-state index contributed by atoms with van der Waals surface area (Å²) >= 11 is 0. The maximum absolute atomic E-state index is 13.6. The summed E-state index contributed by atoms with van der Waals surface area (Å²) < 4.78 is 0. The Labute approximate surface area is 197 Å². The molecular weight excluding hydrogens is 406 g/mol. The van der Waals surface area contributed by atoms with Crippen molar-refractivity contribution in [2.75, 3.05) is 29.9 Å². The van der Waals surface area contributed by atoms with E-state index in [-0.39, 0.29) is 5.91 Å². The Morgan fingerprint density at radius 2 is 1.48 bits per heavy atom. The maximum Gasteiger partial charge on any atom is 0.257 e. The largest absolute Gasteiger partial charge is 0.370 e. The topological polar surface area (TPSA) is 58.4 Å². The maximum atomic E-state index is 13.6. The molecule has 0 spiro atoms. The van der Waals surface area contributed by atoms with E-state index < -0.39 is 0 Å². The third-order valence-corrected chi connectivity index (χ3v) is 6.56. The number of nitrogens with two attached hydrogens (primary N) is 1. The van der Waals surface area contributed by atoms with Crippen molar-refractivity contribution < 1.29 is 4.79 Å². The third kappa shape index (κ3) is 5.28. The molecule has 1 aliphatic heterocycles. The SMILES string of the molecule is Cc1cc(C)cc(NC(=O)c2cccc(-c3cc(C)cc(C)c3)c2N2CCC(CN)CC2)c1. The first-order valence-electron chi connectivity index (χ1n) is 11.9. The van der Waals surface area contributed by atoms with E-state index in [1.807, 2.05) is 24.3 Å². The molecule has 3 aromatic rings. The van der Waals surface area contributed by atoms with Gasteiger partial charge in [-0.2, -0.15) is 0 Å². The average Bonchev–Trinajstić information content (AvgIpc) is 2.77. The van der Waals surface area contributed by atoms with E-state index >= 15 is 0 Å². The van der Waals surface area contributed by atoms with Crippen LogP contribution in [0.4, 0.5) is 11.4 Å². The van der Waals surface area contributed by atoms with Crippen molar-refractivity contribution in [1.82, 2.24) is 0 Å². The summed E-state index contributed by atoms with van der Waals surface area (Å²) in [6.45, 7) is 10.9. The molecule has 0 aromatic heterocycles. The Morgan fingerprint density at radius 3 is 2.06 bits per heavy atom. The number of carbonyl (C=O) groups excluding carboxylic acids is 1. The van der Waals surface area contributed by atoms with Gasteiger partial charge in [0.2, 0.25) is 0 Å². The number of nitrogens with one attached hydrogen (secondary N) is 1. The van der Waals surface area contributed by atoms with Gasteiger partial charge >= 0.3 is 0 Å². The van der Waals surface area contributed by atoms with Crippen molar-refractivity contribution in [1.29, 1.82) is 0 Å². The Hall–Kier alpha value is -3.11. The number of aryl methyl sites for hydroxylation is 4. The highest BCUT2D eigenvalue weighted by atomic mass is 16.1. The number of hydrogen-bond acceptors (Lipinski definition) is 3. The van der Waals surface area contributed by atoms with Gasteiger partial charge in [-0.15, -0.1) is 0 Å². The van der Waals surface area contributed by atoms with E-state index in [1.165, 1.54) is 11.1 Å². The van der Waals surface area contributed by atoms with Crippen LogP contribution in [-0.2, 0) is 0 Å². The van der Waals surface area contributed by atoms with Gasteiger partial charge in [0.15, 0.2) is 0 Å². The lowest BCUT2D eigenvalue weighted by Gasteiger charge is -2.35. The van der Waals surface area contributed by atoms with E-state index in [2.05, 4.69) is 68.2 Å². The zero-order valence-electron chi connectivity index (χ0n) is 20.2. The van der Waals surface area contributed by atoms with Gasteiger partial charge in [-0.3, -0.25) is 4.79 Å². The van der Waals surface area contributed by atoms with Crippen LogP contribution in [0.25, 0.3) is 11.1 Å². The molecular formula is C29H35N3O. The van der Waals surface area contributed by atoms with E-state index in [9.17, 15) is 4.79 Å². The molecule has 1 amide bonds. The van der Waals surface area contributed by atoms with Crippen molar-refractivity contribution >= 4 is 17.3 Å². The lowest BCUT2D eigenvalue weighted by Crippen LogP contribution is -2.37. The van der Waals surface area contributed by atoms with Gasteiger partial charge in [-0.05, 0) is 87.9 Å². The Balaban J connectivity index is 1.78. The summed E-state index contributed by atoms with van der Waals surface area (Å²) in [5.74, 6) is 0.490. The minimum absolute atomic E-state index is 0.0674. The van der Waals surface area contributed by atoms with Crippen LogP contribution in [0.5, 0.6) is 0 Å². The second kappa shape index (κ2) is 9.80. The number of amides is 1. The van der Waals surface area contributed by atoms with Gasteiger partial charge in [0.05, 0.1) is 11.3 Å². The summed E-state index contributed by atoms with van der Waals surface area (Å²) in [6, 6.07) is 18.9. The number of benzene rings is 3. The van der Waals surface area contributed by atoms with E-state index in [0.717, 1.165) is 71.7 Å². The Morgan fingerprint density at radius 1 is 0.909 bits per heavy atom. The normalized spacial score (nSPS) is 14.4. The van der Waals surface area contributed by atoms with Gasteiger partial charge in [-0.1, -0.05) is 47.5 Å². The summed E-state index contributed by atoms with van der Waals surface area (Å²) in [5.41, 5.74) is 15.5. The number of hydrogen-bond donors (Lipinski definition) is 2. The van der Waals surface area contributed by atoms with Crippen LogP contribution in [0.1, 0.15) is 45.5 Å². The highest BCUT2D eigenvalue weighted by molar-refractivity contribution is 6.10. The summed E-state index contributed by atoms with van der Waals surface area (Å²) in [7, 11) is 0. The molecule has 3 aromatic carbocycles. The molecule has 0 radical (unpaired) electrons. The molecule has 0 saturated carbocycles. The van der Waals surface area contributed by atoms with Crippen LogP contribution < -0.4 is 16.0 Å².